The van der Waals surface area contributed by atoms with E-state index in [2.05, 4.69) is 0 Å². The molecule has 0 bridgehead atoms. The van der Waals surface area contributed by atoms with Crippen LogP contribution >= 0.6 is 0 Å². The third kappa shape index (κ3) is 3.24. The molecule has 0 aliphatic rings. The molecule has 0 fully saturated rings. The van der Waals surface area contributed by atoms with Crippen LogP contribution in [0.4, 0.5) is 0 Å². The summed E-state index contributed by atoms with van der Waals surface area (Å²) in [5.41, 5.74) is 1.65. The van der Waals surface area contributed by atoms with Gasteiger partial charge in [0.05, 0.1) is 13.2 Å². The molecule has 0 heterocycles. The molecule has 2 N–H and O–H groups in total. The average molecular weight is 224 g/mol. The first-order valence-corrected chi connectivity index (χ1v) is 5.09. The van der Waals surface area contributed by atoms with Crippen molar-refractivity contribution in [1.82, 2.24) is 0 Å². The van der Waals surface area contributed by atoms with Gasteiger partial charge in [0.25, 0.3) is 0 Å². The summed E-state index contributed by atoms with van der Waals surface area (Å²) in [6.07, 6.45) is -0.548. The summed E-state index contributed by atoms with van der Waals surface area (Å²) in [4.78, 5) is 10.4. The van der Waals surface area contributed by atoms with E-state index in [0.29, 0.717) is 0 Å². The number of carboxylic acid groups (broad SMARTS) is 1. The van der Waals surface area contributed by atoms with Crippen molar-refractivity contribution in [2.75, 3.05) is 7.11 Å². The van der Waals surface area contributed by atoms with Crippen molar-refractivity contribution in [3.8, 4) is 5.75 Å². The first-order chi connectivity index (χ1) is 7.54. The minimum Gasteiger partial charge on any atom is -0.496 e. The molecule has 0 aliphatic heterocycles. The summed E-state index contributed by atoms with van der Waals surface area (Å²) in [5, 5.41) is 18.3. The van der Waals surface area contributed by atoms with E-state index in [1.165, 1.54) is 0 Å². The molecule has 0 aliphatic carbocycles. The number of ether oxygens (including phenoxy) is 1. The molecule has 1 rings (SSSR count). The Morgan fingerprint density at radius 1 is 1.50 bits per heavy atom. The van der Waals surface area contributed by atoms with Gasteiger partial charge in [-0.05, 0) is 36.6 Å². The SMILES string of the molecule is COc1ccc(C(O)CCC(=O)O)cc1C. The van der Waals surface area contributed by atoms with Gasteiger partial charge in [-0.1, -0.05) is 6.07 Å². The molecular formula is C12H16O4. The number of carbonyl (C=O) groups is 1. The molecule has 4 nitrogen and oxygen atoms in total. The molecule has 0 saturated heterocycles. The van der Waals surface area contributed by atoms with E-state index >= 15 is 0 Å². The Kier molecular flexibility index (Phi) is 4.31. The molecule has 0 spiro atoms. The molecule has 0 radical (unpaired) electrons. The highest BCUT2D eigenvalue weighted by molar-refractivity contribution is 5.66. The van der Waals surface area contributed by atoms with Crippen LogP contribution in [0, 0.1) is 6.92 Å². The second-order valence-corrected chi connectivity index (χ2v) is 3.68. The van der Waals surface area contributed by atoms with Gasteiger partial charge in [0.1, 0.15) is 5.75 Å². The van der Waals surface area contributed by atoms with E-state index < -0.39 is 12.1 Å². The van der Waals surface area contributed by atoms with Gasteiger partial charge in [-0.25, -0.2) is 0 Å². The second-order valence-electron chi connectivity index (χ2n) is 3.68. The molecule has 0 saturated carbocycles. The summed E-state index contributed by atoms with van der Waals surface area (Å²) in [6.45, 7) is 1.88. The van der Waals surface area contributed by atoms with Crippen LogP contribution in [0.15, 0.2) is 18.2 Å². The smallest absolute Gasteiger partial charge is 0.303 e. The fraction of sp³-hybridized carbons (Fsp3) is 0.417. The Bertz CT molecular complexity index is 373. The molecule has 1 aromatic carbocycles. The first kappa shape index (κ1) is 12.5. The van der Waals surface area contributed by atoms with Crippen molar-refractivity contribution in [1.29, 1.82) is 0 Å². The third-order valence-electron chi connectivity index (χ3n) is 2.44. The minimum atomic E-state index is -0.899. The normalized spacial score (nSPS) is 12.2. The van der Waals surface area contributed by atoms with Gasteiger partial charge in [0.15, 0.2) is 0 Å². The number of aliphatic hydroxyl groups excluding tert-OH is 1. The van der Waals surface area contributed by atoms with Crippen molar-refractivity contribution in [2.24, 2.45) is 0 Å². The van der Waals surface area contributed by atoms with Crippen LogP contribution in [-0.2, 0) is 4.79 Å². The third-order valence-corrected chi connectivity index (χ3v) is 2.44. The highest BCUT2D eigenvalue weighted by Gasteiger charge is 2.11. The van der Waals surface area contributed by atoms with Gasteiger partial charge in [-0.3, -0.25) is 4.79 Å². The van der Waals surface area contributed by atoms with Gasteiger partial charge in [-0.2, -0.15) is 0 Å². The lowest BCUT2D eigenvalue weighted by atomic mass is 10.0. The monoisotopic (exact) mass is 224 g/mol. The molecule has 0 amide bonds. The molecule has 16 heavy (non-hydrogen) atoms. The van der Waals surface area contributed by atoms with Gasteiger partial charge in [0.2, 0.25) is 0 Å². The zero-order chi connectivity index (χ0) is 12.1. The van der Waals surface area contributed by atoms with E-state index in [9.17, 15) is 9.90 Å². The summed E-state index contributed by atoms with van der Waals surface area (Å²) < 4.78 is 5.10. The maximum absolute atomic E-state index is 10.4. The number of methoxy groups -OCH3 is 1. The zero-order valence-corrected chi connectivity index (χ0v) is 9.43. The van der Waals surface area contributed by atoms with E-state index in [0.717, 1.165) is 16.9 Å². The van der Waals surface area contributed by atoms with Gasteiger partial charge in [-0.15, -0.1) is 0 Å². The second kappa shape index (κ2) is 5.51. The lowest BCUT2D eigenvalue weighted by molar-refractivity contribution is -0.137. The maximum Gasteiger partial charge on any atom is 0.303 e. The fourth-order valence-corrected chi connectivity index (χ4v) is 1.54. The summed E-state index contributed by atoms with van der Waals surface area (Å²) >= 11 is 0. The number of aryl methyl sites for hydroxylation is 1. The number of aliphatic hydroxyl groups is 1. The predicted octanol–water partition coefficient (Wildman–Crippen LogP) is 1.90. The lowest BCUT2D eigenvalue weighted by Gasteiger charge is -2.12. The summed E-state index contributed by atoms with van der Waals surface area (Å²) in [7, 11) is 1.59. The summed E-state index contributed by atoms with van der Waals surface area (Å²) in [6, 6.07) is 5.33. The van der Waals surface area contributed by atoms with Gasteiger partial charge >= 0.3 is 5.97 Å². The lowest BCUT2D eigenvalue weighted by Crippen LogP contribution is -2.03. The quantitative estimate of drug-likeness (QED) is 0.801. The van der Waals surface area contributed by atoms with Crippen molar-refractivity contribution < 1.29 is 19.7 Å². The number of rotatable bonds is 5. The van der Waals surface area contributed by atoms with Crippen molar-refractivity contribution in [3.05, 3.63) is 29.3 Å². The molecule has 88 valence electrons. The van der Waals surface area contributed by atoms with E-state index in [1.807, 2.05) is 13.0 Å². The largest absolute Gasteiger partial charge is 0.496 e. The molecule has 1 unspecified atom stereocenters. The number of hydrogen-bond acceptors (Lipinski definition) is 3. The molecule has 4 heteroatoms. The Hall–Kier alpha value is -1.55. The maximum atomic E-state index is 10.4. The topological polar surface area (TPSA) is 66.8 Å². The Morgan fingerprint density at radius 3 is 2.69 bits per heavy atom. The highest BCUT2D eigenvalue weighted by Crippen LogP contribution is 2.24. The van der Waals surface area contributed by atoms with Crippen LogP contribution in [0.5, 0.6) is 5.75 Å². The van der Waals surface area contributed by atoms with Crippen LogP contribution in [0.25, 0.3) is 0 Å². The van der Waals surface area contributed by atoms with Crippen molar-refractivity contribution >= 4 is 5.97 Å². The number of carboxylic acids is 1. The van der Waals surface area contributed by atoms with E-state index in [1.54, 1.807) is 19.2 Å². The number of hydrogen-bond donors (Lipinski definition) is 2. The Balaban J connectivity index is 2.72. The summed E-state index contributed by atoms with van der Waals surface area (Å²) in [5.74, 6) is -0.140. The van der Waals surface area contributed by atoms with Crippen LogP contribution in [0.2, 0.25) is 0 Å². The number of aliphatic carboxylic acids is 1. The van der Waals surface area contributed by atoms with Crippen LogP contribution in [0.1, 0.15) is 30.1 Å². The van der Waals surface area contributed by atoms with Crippen molar-refractivity contribution in [3.63, 3.8) is 0 Å². The standard InChI is InChI=1S/C12H16O4/c1-8-7-9(3-5-11(8)16-2)10(13)4-6-12(14)15/h3,5,7,10,13H,4,6H2,1-2H3,(H,14,15). The van der Waals surface area contributed by atoms with Crippen molar-refractivity contribution in [2.45, 2.75) is 25.9 Å². The Morgan fingerprint density at radius 2 is 2.19 bits per heavy atom. The van der Waals surface area contributed by atoms with Crippen LogP contribution in [0.3, 0.4) is 0 Å². The Labute approximate surface area is 94.5 Å². The van der Waals surface area contributed by atoms with E-state index in [-0.39, 0.29) is 12.8 Å². The predicted molar refractivity (Wildman–Crippen MR) is 59.6 cm³/mol. The fourth-order valence-electron chi connectivity index (χ4n) is 1.54. The van der Waals surface area contributed by atoms with Gasteiger partial charge < -0.3 is 14.9 Å². The van der Waals surface area contributed by atoms with Crippen LogP contribution < -0.4 is 4.74 Å². The van der Waals surface area contributed by atoms with E-state index in [4.69, 9.17) is 9.84 Å². The molecule has 1 aromatic rings. The zero-order valence-electron chi connectivity index (χ0n) is 9.43. The molecule has 0 aromatic heterocycles. The molecule has 1 atom stereocenters. The minimum absolute atomic E-state index is 0.0355. The highest BCUT2D eigenvalue weighted by atomic mass is 16.5. The average Bonchev–Trinajstić information content (AvgIpc) is 2.25. The molecular weight excluding hydrogens is 208 g/mol. The van der Waals surface area contributed by atoms with Gasteiger partial charge in [0, 0.05) is 6.42 Å². The first-order valence-electron chi connectivity index (χ1n) is 5.09. The van der Waals surface area contributed by atoms with Crippen LogP contribution in [-0.4, -0.2) is 23.3 Å². The number of benzene rings is 1.